The summed E-state index contributed by atoms with van der Waals surface area (Å²) in [7, 11) is 1.58. The lowest BCUT2D eigenvalue weighted by molar-refractivity contribution is 0.00955. The molecule has 0 bridgehead atoms. The lowest BCUT2D eigenvalue weighted by Crippen LogP contribution is -2.16. The second kappa shape index (κ2) is 6.21. The molecule has 0 saturated carbocycles. The molecule has 0 unspecified atom stereocenters. The summed E-state index contributed by atoms with van der Waals surface area (Å²) in [6, 6.07) is 8.95. The Hall–Kier alpha value is -3.19. The topological polar surface area (TPSA) is 93.6 Å². The van der Waals surface area contributed by atoms with Crippen molar-refractivity contribution in [1.29, 1.82) is 0 Å². The molecule has 0 aliphatic carbocycles. The predicted octanol–water partition coefficient (Wildman–Crippen LogP) is 3.28. The van der Waals surface area contributed by atoms with Gasteiger partial charge in [-0.05, 0) is 38.1 Å². The van der Waals surface area contributed by atoms with Gasteiger partial charge in [0.1, 0.15) is 11.4 Å². The Balaban J connectivity index is 1.73. The van der Waals surface area contributed by atoms with Crippen molar-refractivity contribution < 1.29 is 19.4 Å². The van der Waals surface area contributed by atoms with Crippen LogP contribution >= 0.6 is 0 Å². The van der Waals surface area contributed by atoms with E-state index in [0.717, 1.165) is 16.6 Å². The van der Waals surface area contributed by atoms with Gasteiger partial charge in [-0.2, -0.15) is 0 Å². The van der Waals surface area contributed by atoms with Crippen molar-refractivity contribution in [3.8, 4) is 5.75 Å². The van der Waals surface area contributed by atoms with E-state index in [9.17, 15) is 9.90 Å². The molecule has 138 valence electrons. The van der Waals surface area contributed by atoms with Crippen LogP contribution in [0.4, 0.5) is 11.6 Å². The SMILES string of the molecule is COc1ccc(CO)c2nc(Nc3ccc4c(c3)C(C)(C)OC4=O)ncc12. The summed E-state index contributed by atoms with van der Waals surface area (Å²) in [5.74, 6) is 0.709. The van der Waals surface area contributed by atoms with Crippen LogP contribution in [0.5, 0.6) is 5.75 Å². The van der Waals surface area contributed by atoms with Crippen LogP contribution in [0.25, 0.3) is 10.9 Å². The number of carbonyl (C=O) groups is 1. The Morgan fingerprint density at radius 2 is 2.07 bits per heavy atom. The van der Waals surface area contributed by atoms with Crippen molar-refractivity contribution in [3.05, 3.63) is 53.2 Å². The van der Waals surface area contributed by atoms with E-state index in [2.05, 4.69) is 15.3 Å². The number of rotatable bonds is 4. The molecular weight excluding hydrogens is 346 g/mol. The molecule has 1 aliphatic heterocycles. The number of hydrogen-bond acceptors (Lipinski definition) is 7. The Bertz CT molecular complexity index is 1060. The van der Waals surface area contributed by atoms with E-state index in [1.807, 2.05) is 19.9 Å². The average Bonchev–Trinajstić information content (AvgIpc) is 2.89. The van der Waals surface area contributed by atoms with Crippen molar-refractivity contribution in [2.45, 2.75) is 26.1 Å². The van der Waals surface area contributed by atoms with Crippen LogP contribution < -0.4 is 10.1 Å². The zero-order valence-electron chi connectivity index (χ0n) is 15.2. The van der Waals surface area contributed by atoms with Crippen LogP contribution in [0.1, 0.15) is 35.3 Å². The Labute approximate surface area is 156 Å². The van der Waals surface area contributed by atoms with Gasteiger partial charge in [-0.3, -0.25) is 0 Å². The highest BCUT2D eigenvalue weighted by Gasteiger charge is 2.37. The van der Waals surface area contributed by atoms with Crippen LogP contribution in [0.15, 0.2) is 36.5 Å². The van der Waals surface area contributed by atoms with Gasteiger partial charge in [0.25, 0.3) is 0 Å². The van der Waals surface area contributed by atoms with Gasteiger partial charge in [-0.1, -0.05) is 6.07 Å². The monoisotopic (exact) mass is 365 g/mol. The van der Waals surface area contributed by atoms with Crippen molar-refractivity contribution in [1.82, 2.24) is 9.97 Å². The fraction of sp³-hybridized carbons (Fsp3) is 0.250. The first-order chi connectivity index (χ1) is 12.9. The first-order valence-corrected chi connectivity index (χ1v) is 8.51. The first-order valence-electron chi connectivity index (χ1n) is 8.51. The molecule has 2 aromatic carbocycles. The third-order valence-electron chi connectivity index (χ3n) is 4.68. The molecule has 0 spiro atoms. The van der Waals surface area contributed by atoms with Gasteiger partial charge in [0.15, 0.2) is 0 Å². The summed E-state index contributed by atoms with van der Waals surface area (Å²) < 4.78 is 10.7. The molecule has 7 heteroatoms. The van der Waals surface area contributed by atoms with Gasteiger partial charge in [0, 0.05) is 23.0 Å². The number of aromatic nitrogens is 2. The van der Waals surface area contributed by atoms with Gasteiger partial charge in [0.2, 0.25) is 5.95 Å². The third kappa shape index (κ3) is 2.86. The zero-order chi connectivity index (χ0) is 19.2. The molecular formula is C20H19N3O4. The highest BCUT2D eigenvalue weighted by molar-refractivity contribution is 5.95. The van der Waals surface area contributed by atoms with Crippen molar-refractivity contribution >= 4 is 28.5 Å². The third-order valence-corrected chi connectivity index (χ3v) is 4.68. The van der Waals surface area contributed by atoms with E-state index in [0.29, 0.717) is 28.3 Å². The van der Waals surface area contributed by atoms with E-state index < -0.39 is 5.60 Å². The number of esters is 1. The summed E-state index contributed by atoms with van der Waals surface area (Å²) in [5, 5.41) is 13.5. The minimum Gasteiger partial charge on any atom is -0.496 e. The van der Waals surface area contributed by atoms with E-state index in [4.69, 9.17) is 9.47 Å². The minimum atomic E-state index is -0.675. The normalized spacial score (nSPS) is 14.7. The largest absolute Gasteiger partial charge is 0.496 e. The lowest BCUT2D eigenvalue weighted by atomic mass is 9.95. The Morgan fingerprint density at radius 1 is 1.26 bits per heavy atom. The second-order valence-electron chi connectivity index (χ2n) is 6.83. The van der Waals surface area contributed by atoms with Crippen LogP contribution in [-0.4, -0.2) is 28.2 Å². The fourth-order valence-electron chi connectivity index (χ4n) is 3.29. The number of ether oxygens (including phenoxy) is 2. The number of aliphatic hydroxyl groups is 1. The van der Waals surface area contributed by atoms with E-state index in [-0.39, 0.29) is 12.6 Å². The number of nitrogens with zero attached hydrogens (tertiary/aromatic N) is 2. The molecule has 2 heterocycles. The van der Waals surface area contributed by atoms with Gasteiger partial charge >= 0.3 is 5.97 Å². The number of hydrogen-bond donors (Lipinski definition) is 2. The fourth-order valence-corrected chi connectivity index (χ4v) is 3.29. The maximum atomic E-state index is 11.9. The molecule has 4 rings (SSSR count). The van der Waals surface area contributed by atoms with Gasteiger partial charge < -0.3 is 19.9 Å². The average molecular weight is 365 g/mol. The number of benzene rings is 2. The summed E-state index contributed by atoms with van der Waals surface area (Å²) >= 11 is 0. The van der Waals surface area contributed by atoms with Gasteiger partial charge in [0.05, 0.1) is 30.2 Å². The maximum Gasteiger partial charge on any atom is 0.339 e. The number of nitrogens with one attached hydrogen (secondary N) is 1. The minimum absolute atomic E-state index is 0.135. The molecule has 1 aliphatic rings. The molecule has 27 heavy (non-hydrogen) atoms. The number of fused-ring (bicyclic) bond motifs is 2. The number of anilines is 2. The number of carbonyl (C=O) groups excluding carboxylic acids is 1. The molecule has 0 atom stereocenters. The Morgan fingerprint density at radius 3 is 2.81 bits per heavy atom. The quantitative estimate of drug-likeness (QED) is 0.685. The van der Waals surface area contributed by atoms with E-state index >= 15 is 0 Å². The Kier molecular flexibility index (Phi) is 3.96. The van der Waals surface area contributed by atoms with E-state index in [1.54, 1.807) is 37.6 Å². The first kappa shape index (κ1) is 17.2. The molecule has 0 saturated heterocycles. The molecule has 2 N–H and O–H groups in total. The molecule has 0 amide bonds. The van der Waals surface area contributed by atoms with Crippen LogP contribution in [0.3, 0.4) is 0 Å². The molecule has 3 aromatic rings. The number of aliphatic hydroxyl groups excluding tert-OH is 1. The lowest BCUT2D eigenvalue weighted by Gasteiger charge is -2.18. The number of methoxy groups -OCH3 is 1. The van der Waals surface area contributed by atoms with Crippen LogP contribution in [0, 0.1) is 0 Å². The molecule has 0 radical (unpaired) electrons. The molecule has 1 aromatic heterocycles. The van der Waals surface area contributed by atoms with Gasteiger partial charge in [-0.25, -0.2) is 14.8 Å². The zero-order valence-corrected chi connectivity index (χ0v) is 15.2. The van der Waals surface area contributed by atoms with Crippen LogP contribution in [0.2, 0.25) is 0 Å². The van der Waals surface area contributed by atoms with Crippen molar-refractivity contribution in [3.63, 3.8) is 0 Å². The van der Waals surface area contributed by atoms with Crippen LogP contribution in [-0.2, 0) is 16.9 Å². The summed E-state index contributed by atoms with van der Waals surface area (Å²) in [4.78, 5) is 20.8. The maximum absolute atomic E-state index is 11.9. The van der Waals surface area contributed by atoms with Crippen molar-refractivity contribution in [2.24, 2.45) is 0 Å². The second-order valence-corrected chi connectivity index (χ2v) is 6.83. The molecule has 0 fully saturated rings. The summed E-state index contributed by atoms with van der Waals surface area (Å²) in [6.45, 7) is 3.57. The standard InChI is InChI=1S/C20H19N3O4/c1-20(2)15-8-12(5-6-13(15)18(25)27-20)22-19-21-9-14-16(26-3)7-4-11(10-24)17(14)23-19/h4-9,24H,10H2,1-3H3,(H,21,22,23). The highest BCUT2D eigenvalue weighted by atomic mass is 16.6. The van der Waals surface area contributed by atoms with Gasteiger partial charge in [-0.15, -0.1) is 0 Å². The van der Waals surface area contributed by atoms with Crippen molar-refractivity contribution in [2.75, 3.05) is 12.4 Å². The molecule has 7 nitrogen and oxygen atoms in total. The number of cyclic esters (lactones) is 1. The summed E-state index contributed by atoms with van der Waals surface area (Å²) in [6.07, 6.45) is 1.66. The smallest absolute Gasteiger partial charge is 0.339 e. The predicted molar refractivity (Wildman–Crippen MR) is 100 cm³/mol. The highest BCUT2D eigenvalue weighted by Crippen LogP contribution is 2.37. The van der Waals surface area contributed by atoms with E-state index in [1.165, 1.54) is 0 Å². The summed E-state index contributed by atoms with van der Waals surface area (Å²) in [5.41, 5.74) is 2.76.